The van der Waals surface area contributed by atoms with Gasteiger partial charge in [-0.25, -0.2) is 4.79 Å². The van der Waals surface area contributed by atoms with Gasteiger partial charge in [-0.05, 0) is 59.0 Å². The fraction of sp³-hybridized carbons (Fsp3) is 0.0714. The van der Waals surface area contributed by atoms with Crippen LogP contribution in [0.1, 0.15) is 10.4 Å². The van der Waals surface area contributed by atoms with Gasteiger partial charge in [-0.3, -0.25) is 0 Å². The smallest absolute Gasteiger partial charge is 0.337 e. The molecule has 0 amide bonds. The van der Waals surface area contributed by atoms with Crippen molar-refractivity contribution in [3.8, 4) is 0 Å². The van der Waals surface area contributed by atoms with E-state index < -0.39 is 0 Å². The molecule has 0 aliphatic carbocycles. The average molecular weight is 351 g/mol. The highest BCUT2D eigenvalue weighted by Gasteiger charge is 2.09. The minimum Gasteiger partial charge on any atom is -0.465 e. The molecule has 0 spiro atoms. The van der Waals surface area contributed by atoms with E-state index in [0.29, 0.717) is 5.56 Å². The number of methoxy groups -OCH3 is 1. The zero-order valence-corrected chi connectivity index (χ0v) is 11.8. The Morgan fingerprint density at radius 1 is 1.11 bits per heavy atom. The normalized spacial score (nSPS) is 11.0. The van der Waals surface area contributed by atoms with Crippen molar-refractivity contribution in [3.63, 3.8) is 0 Å². The van der Waals surface area contributed by atoms with Gasteiger partial charge in [-0.1, -0.05) is 0 Å². The van der Waals surface area contributed by atoms with E-state index in [0.717, 1.165) is 21.8 Å². The Morgan fingerprint density at radius 2 is 1.78 bits per heavy atom. The SMILES string of the molecule is COC(=O)c1ccc2[nH]c3ccc(I)cc3c2c1. The third-order valence-corrected chi connectivity index (χ3v) is 3.65. The van der Waals surface area contributed by atoms with Crippen molar-refractivity contribution in [3.05, 3.63) is 45.5 Å². The second kappa shape index (κ2) is 4.28. The van der Waals surface area contributed by atoms with Crippen LogP contribution in [0.4, 0.5) is 0 Å². The molecular weight excluding hydrogens is 341 g/mol. The molecule has 0 saturated heterocycles. The fourth-order valence-electron chi connectivity index (χ4n) is 2.11. The van der Waals surface area contributed by atoms with E-state index in [4.69, 9.17) is 4.74 Å². The van der Waals surface area contributed by atoms with Crippen LogP contribution >= 0.6 is 22.6 Å². The molecule has 3 nitrogen and oxygen atoms in total. The van der Waals surface area contributed by atoms with Crippen molar-refractivity contribution in [1.82, 2.24) is 4.98 Å². The quantitative estimate of drug-likeness (QED) is 0.537. The largest absolute Gasteiger partial charge is 0.465 e. The topological polar surface area (TPSA) is 42.1 Å². The number of aromatic amines is 1. The van der Waals surface area contributed by atoms with Crippen LogP contribution in [-0.2, 0) is 4.74 Å². The number of benzene rings is 2. The van der Waals surface area contributed by atoms with Gasteiger partial charge in [0.15, 0.2) is 0 Å². The molecule has 0 fully saturated rings. The molecule has 0 aliphatic heterocycles. The first-order valence-electron chi connectivity index (χ1n) is 5.48. The predicted octanol–water partition coefficient (Wildman–Crippen LogP) is 3.71. The van der Waals surface area contributed by atoms with E-state index in [9.17, 15) is 4.79 Å². The first kappa shape index (κ1) is 11.5. The Kier molecular flexibility index (Phi) is 2.74. The second-order valence-corrected chi connectivity index (χ2v) is 5.31. The number of aromatic nitrogens is 1. The van der Waals surface area contributed by atoms with Crippen molar-refractivity contribution in [2.45, 2.75) is 0 Å². The van der Waals surface area contributed by atoms with Crippen LogP contribution in [0.2, 0.25) is 0 Å². The predicted molar refractivity (Wildman–Crippen MR) is 79.9 cm³/mol. The minimum absolute atomic E-state index is 0.308. The number of halogens is 1. The van der Waals surface area contributed by atoms with Crippen molar-refractivity contribution in [2.75, 3.05) is 7.11 Å². The molecule has 0 unspecified atom stereocenters. The van der Waals surface area contributed by atoms with Crippen LogP contribution in [0.5, 0.6) is 0 Å². The molecule has 2 aromatic carbocycles. The van der Waals surface area contributed by atoms with E-state index in [-0.39, 0.29) is 5.97 Å². The summed E-state index contributed by atoms with van der Waals surface area (Å²) in [5.74, 6) is -0.308. The van der Waals surface area contributed by atoms with E-state index in [1.807, 2.05) is 12.1 Å². The summed E-state index contributed by atoms with van der Waals surface area (Å²) < 4.78 is 5.92. The Balaban J connectivity index is 2.34. The highest BCUT2D eigenvalue weighted by molar-refractivity contribution is 14.1. The third kappa shape index (κ3) is 1.77. The van der Waals surface area contributed by atoms with Gasteiger partial charge in [0.05, 0.1) is 12.7 Å². The standard InChI is InChI=1S/C14H10INO2/c1-18-14(17)8-2-4-12-10(6-8)11-7-9(15)3-5-13(11)16-12/h2-7,16H,1H3. The molecule has 1 heterocycles. The van der Waals surface area contributed by atoms with Gasteiger partial charge in [0.25, 0.3) is 0 Å². The lowest BCUT2D eigenvalue weighted by Crippen LogP contribution is -2.00. The molecule has 3 rings (SSSR count). The summed E-state index contributed by atoms with van der Waals surface area (Å²) in [7, 11) is 1.39. The number of fused-ring (bicyclic) bond motifs is 3. The Labute approximate surface area is 117 Å². The zero-order chi connectivity index (χ0) is 12.7. The van der Waals surface area contributed by atoms with E-state index in [1.54, 1.807) is 6.07 Å². The van der Waals surface area contributed by atoms with Gasteiger partial charge in [-0.2, -0.15) is 0 Å². The summed E-state index contributed by atoms with van der Waals surface area (Å²) in [5, 5.41) is 2.18. The molecule has 0 radical (unpaired) electrons. The maximum Gasteiger partial charge on any atom is 0.337 e. The van der Waals surface area contributed by atoms with Gasteiger partial charge in [0.2, 0.25) is 0 Å². The molecule has 1 N–H and O–H groups in total. The molecule has 0 atom stereocenters. The first-order valence-corrected chi connectivity index (χ1v) is 6.56. The second-order valence-electron chi connectivity index (χ2n) is 4.07. The summed E-state index contributed by atoms with van der Waals surface area (Å²) >= 11 is 2.28. The van der Waals surface area contributed by atoms with Gasteiger partial charge in [0, 0.05) is 25.4 Å². The number of H-pyrrole nitrogens is 1. The lowest BCUT2D eigenvalue weighted by Gasteiger charge is -1.99. The zero-order valence-electron chi connectivity index (χ0n) is 9.66. The van der Waals surface area contributed by atoms with E-state index in [1.165, 1.54) is 10.7 Å². The Bertz CT molecular complexity index is 761. The number of esters is 1. The Morgan fingerprint density at radius 3 is 2.50 bits per heavy atom. The number of rotatable bonds is 1. The Hall–Kier alpha value is -1.56. The molecular formula is C14H10INO2. The number of carbonyl (C=O) groups excluding carboxylic acids is 1. The first-order chi connectivity index (χ1) is 8.69. The molecule has 18 heavy (non-hydrogen) atoms. The van der Waals surface area contributed by atoms with Gasteiger partial charge in [-0.15, -0.1) is 0 Å². The maximum atomic E-state index is 11.5. The lowest BCUT2D eigenvalue weighted by atomic mass is 10.1. The van der Waals surface area contributed by atoms with Gasteiger partial charge in [0.1, 0.15) is 0 Å². The number of hydrogen-bond acceptors (Lipinski definition) is 2. The molecule has 4 heteroatoms. The molecule has 3 aromatic rings. The fourth-order valence-corrected chi connectivity index (χ4v) is 2.61. The third-order valence-electron chi connectivity index (χ3n) is 2.98. The maximum absolute atomic E-state index is 11.5. The van der Waals surface area contributed by atoms with E-state index >= 15 is 0 Å². The monoisotopic (exact) mass is 351 g/mol. The lowest BCUT2D eigenvalue weighted by molar-refractivity contribution is 0.0601. The van der Waals surface area contributed by atoms with Crippen LogP contribution < -0.4 is 0 Å². The highest BCUT2D eigenvalue weighted by Crippen LogP contribution is 2.27. The summed E-state index contributed by atoms with van der Waals surface area (Å²) in [6, 6.07) is 11.8. The summed E-state index contributed by atoms with van der Waals surface area (Å²) in [6.07, 6.45) is 0. The summed E-state index contributed by atoms with van der Waals surface area (Å²) in [5.41, 5.74) is 2.68. The van der Waals surface area contributed by atoms with Crippen LogP contribution in [0.15, 0.2) is 36.4 Å². The number of nitrogens with one attached hydrogen (secondary N) is 1. The van der Waals surface area contributed by atoms with Gasteiger partial charge >= 0.3 is 5.97 Å². The van der Waals surface area contributed by atoms with Crippen molar-refractivity contribution in [2.24, 2.45) is 0 Å². The molecule has 0 bridgehead atoms. The van der Waals surface area contributed by atoms with Crippen molar-refractivity contribution < 1.29 is 9.53 Å². The molecule has 1 aromatic heterocycles. The van der Waals surface area contributed by atoms with Crippen molar-refractivity contribution in [1.29, 1.82) is 0 Å². The van der Waals surface area contributed by atoms with Crippen molar-refractivity contribution >= 4 is 50.4 Å². The molecule has 0 saturated carbocycles. The number of ether oxygens (including phenoxy) is 1. The minimum atomic E-state index is -0.308. The molecule has 0 aliphatic rings. The van der Waals surface area contributed by atoms with Crippen LogP contribution in [0.3, 0.4) is 0 Å². The van der Waals surface area contributed by atoms with Gasteiger partial charge < -0.3 is 9.72 Å². The van der Waals surface area contributed by atoms with Crippen LogP contribution in [0.25, 0.3) is 21.8 Å². The number of carbonyl (C=O) groups is 1. The number of hydrogen-bond donors (Lipinski definition) is 1. The average Bonchev–Trinajstić information content (AvgIpc) is 2.75. The van der Waals surface area contributed by atoms with E-state index in [2.05, 4.69) is 45.8 Å². The van der Waals surface area contributed by atoms with Crippen LogP contribution in [-0.4, -0.2) is 18.1 Å². The van der Waals surface area contributed by atoms with Crippen LogP contribution in [0, 0.1) is 3.57 Å². The molecule has 90 valence electrons. The highest BCUT2D eigenvalue weighted by atomic mass is 127. The summed E-state index contributed by atoms with van der Waals surface area (Å²) in [4.78, 5) is 14.9. The summed E-state index contributed by atoms with van der Waals surface area (Å²) in [6.45, 7) is 0.